The van der Waals surface area contributed by atoms with Gasteiger partial charge in [0.25, 0.3) is 0 Å². The smallest absolute Gasteiger partial charge is 0.338 e. The van der Waals surface area contributed by atoms with Crippen LogP contribution in [-0.4, -0.2) is 31.9 Å². The second kappa shape index (κ2) is 5.81. The van der Waals surface area contributed by atoms with E-state index in [-0.39, 0.29) is 16.9 Å². The highest BCUT2D eigenvalue weighted by molar-refractivity contribution is 6.29. The number of hydrogen-bond acceptors (Lipinski definition) is 5. The van der Waals surface area contributed by atoms with E-state index in [2.05, 4.69) is 0 Å². The molecule has 4 rings (SSSR count). The van der Waals surface area contributed by atoms with E-state index in [4.69, 9.17) is 9.47 Å². The van der Waals surface area contributed by atoms with Gasteiger partial charge in [-0.05, 0) is 29.3 Å². The van der Waals surface area contributed by atoms with Gasteiger partial charge in [0.1, 0.15) is 0 Å². The number of carbonyl (C=O) groups is 3. The molecule has 0 heterocycles. The second-order valence-corrected chi connectivity index (χ2v) is 5.93. The van der Waals surface area contributed by atoms with E-state index in [9.17, 15) is 14.4 Å². The first kappa shape index (κ1) is 16.0. The maximum atomic E-state index is 13.0. The average Bonchev–Trinajstić information content (AvgIpc) is 2.70. The monoisotopic (exact) mass is 346 g/mol. The number of esters is 2. The number of hydrogen-bond donors (Lipinski definition) is 0. The van der Waals surface area contributed by atoms with Crippen LogP contribution in [0.4, 0.5) is 0 Å². The molecule has 0 radical (unpaired) electrons. The minimum Gasteiger partial charge on any atom is -0.465 e. The maximum absolute atomic E-state index is 13.0. The predicted molar refractivity (Wildman–Crippen MR) is 95.5 cm³/mol. The zero-order valence-electron chi connectivity index (χ0n) is 14.2. The normalized spacial score (nSPS) is 11.8. The summed E-state index contributed by atoms with van der Waals surface area (Å²) in [6, 6.07) is 13.8. The molecule has 0 amide bonds. The fourth-order valence-electron chi connectivity index (χ4n) is 3.53. The van der Waals surface area contributed by atoms with Crippen LogP contribution in [0.3, 0.4) is 0 Å². The molecule has 1 aliphatic carbocycles. The third kappa shape index (κ3) is 2.07. The van der Waals surface area contributed by atoms with Crippen LogP contribution in [0.5, 0.6) is 0 Å². The third-order valence-corrected chi connectivity index (χ3v) is 4.68. The number of carbonyl (C=O) groups excluding carboxylic acids is 3. The summed E-state index contributed by atoms with van der Waals surface area (Å²) in [5.41, 5.74) is 3.06. The highest BCUT2D eigenvalue weighted by Gasteiger charge is 2.29. The van der Waals surface area contributed by atoms with Crippen LogP contribution in [0.1, 0.15) is 36.6 Å². The Balaban J connectivity index is 2.21. The third-order valence-electron chi connectivity index (χ3n) is 4.68. The molecular weight excluding hydrogens is 332 g/mol. The van der Waals surface area contributed by atoms with Gasteiger partial charge in [0.15, 0.2) is 5.78 Å². The van der Waals surface area contributed by atoms with Gasteiger partial charge in [-0.1, -0.05) is 30.3 Å². The first-order valence-electron chi connectivity index (χ1n) is 7.99. The molecule has 3 aromatic carbocycles. The summed E-state index contributed by atoms with van der Waals surface area (Å²) in [5, 5.41) is 0.945. The molecule has 1 aliphatic rings. The van der Waals surface area contributed by atoms with Crippen molar-refractivity contribution in [3.05, 3.63) is 70.8 Å². The number of rotatable bonds is 2. The standard InChI is InChI=1S/C21H14O5/c1-25-20(23)15-9-7-12-11-5-3-4-6-13(11)19(22)14-8-10-16(21(24)26-2)18(15)17(12)14/h3-10H,1-2H3. The van der Waals surface area contributed by atoms with Crippen molar-refractivity contribution < 1.29 is 23.9 Å². The second-order valence-electron chi connectivity index (χ2n) is 5.93. The summed E-state index contributed by atoms with van der Waals surface area (Å²) < 4.78 is 9.73. The van der Waals surface area contributed by atoms with Crippen LogP contribution in [-0.2, 0) is 9.47 Å². The Labute approximate surface area is 149 Å². The minimum atomic E-state index is -0.579. The Hall–Kier alpha value is -3.47. The maximum Gasteiger partial charge on any atom is 0.338 e. The van der Waals surface area contributed by atoms with Crippen molar-refractivity contribution in [2.75, 3.05) is 14.2 Å². The first-order valence-corrected chi connectivity index (χ1v) is 7.99. The fourth-order valence-corrected chi connectivity index (χ4v) is 3.53. The van der Waals surface area contributed by atoms with Crippen molar-refractivity contribution in [1.82, 2.24) is 0 Å². The van der Waals surface area contributed by atoms with Crippen molar-refractivity contribution in [3.8, 4) is 11.1 Å². The lowest BCUT2D eigenvalue weighted by molar-refractivity contribution is 0.0601. The lowest BCUT2D eigenvalue weighted by Crippen LogP contribution is -2.14. The Morgan fingerprint density at radius 3 is 1.77 bits per heavy atom. The predicted octanol–water partition coefficient (Wildman–Crippen LogP) is 3.62. The van der Waals surface area contributed by atoms with Gasteiger partial charge in [-0.15, -0.1) is 0 Å². The topological polar surface area (TPSA) is 69.7 Å². The summed E-state index contributed by atoms with van der Waals surface area (Å²) in [4.78, 5) is 37.5. The Kier molecular flexibility index (Phi) is 3.58. The Morgan fingerprint density at radius 2 is 1.19 bits per heavy atom. The van der Waals surface area contributed by atoms with Crippen LogP contribution >= 0.6 is 0 Å². The number of ether oxygens (including phenoxy) is 2. The van der Waals surface area contributed by atoms with Crippen LogP contribution < -0.4 is 0 Å². The highest BCUT2D eigenvalue weighted by Crippen LogP contribution is 2.42. The summed E-state index contributed by atoms with van der Waals surface area (Å²) in [5.74, 6) is -1.30. The van der Waals surface area contributed by atoms with Gasteiger partial charge in [-0.3, -0.25) is 4.79 Å². The van der Waals surface area contributed by atoms with Gasteiger partial charge >= 0.3 is 11.9 Å². The van der Waals surface area contributed by atoms with E-state index < -0.39 is 11.9 Å². The molecule has 0 saturated carbocycles. The van der Waals surface area contributed by atoms with Crippen molar-refractivity contribution in [2.45, 2.75) is 0 Å². The molecule has 128 valence electrons. The van der Waals surface area contributed by atoms with E-state index in [0.29, 0.717) is 21.9 Å². The van der Waals surface area contributed by atoms with Crippen molar-refractivity contribution >= 4 is 28.5 Å². The van der Waals surface area contributed by atoms with Gasteiger partial charge in [-0.2, -0.15) is 0 Å². The van der Waals surface area contributed by atoms with E-state index in [1.54, 1.807) is 24.3 Å². The molecule has 0 aliphatic heterocycles. The highest BCUT2D eigenvalue weighted by atomic mass is 16.5. The summed E-state index contributed by atoms with van der Waals surface area (Å²) in [6.07, 6.45) is 0. The summed E-state index contributed by atoms with van der Waals surface area (Å²) in [6.45, 7) is 0. The van der Waals surface area contributed by atoms with Gasteiger partial charge in [-0.25, -0.2) is 9.59 Å². The van der Waals surface area contributed by atoms with Crippen molar-refractivity contribution in [2.24, 2.45) is 0 Å². The number of benzene rings is 3. The molecule has 0 spiro atoms. The molecule has 0 unspecified atom stereocenters. The van der Waals surface area contributed by atoms with Gasteiger partial charge in [0, 0.05) is 21.9 Å². The fraction of sp³-hybridized carbons (Fsp3) is 0.0952. The van der Waals surface area contributed by atoms with Crippen molar-refractivity contribution in [1.29, 1.82) is 0 Å². The van der Waals surface area contributed by atoms with Crippen LogP contribution in [0.2, 0.25) is 0 Å². The number of methoxy groups -OCH3 is 2. The molecule has 5 heteroatoms. The Bertz CT molecular complexity index is 1090. The molecule has 26 heavy (non-hydrogen) atoms. The largest absolute Gasteiger partial charge is 0.465 e. The van der Waals surface area contributed by atoms with Gasteiger partial charge in [0.05, 0.1) is 25.3 Å². The van der Waals surface area contributed by atoms with E-state index in [1.165, 1.54) is 20.3 Å². The lowest BCUT2D eigenvalue weighted by Gasteiger charge is -2.22. The van der Waals surface area contributed by atoms with Gasteiger partial charge in [0.2, 0.25) is 0 Å². The first-order chi connectivity index (χ1) is 12.6. The summed E-state index contributed by atoms with van der Waals surface area (Å²) in [7, 11) is 2.55. The van der Waals surface area contributed by atoms with E-state index in [1.807, 2.05) is 18.2 Å². The molecule has 0 aromatic heterocycles. The number of ketones is 1. The quantitative estimate of drug-likeness (QED) is 0.519. The molecule has 5 nitrogen and oxygen atoms in total. The molecule has 0 N–H and O–H groups in total. The van der Waals surface area contributed by atoms with E-state index >= 15 is 0 Å². The van der Waals surface area contributed by atoms with Gasteiger partial charge < -0.3 is 9.47 Å². The Morgan fingerprint density at radius 1 is 0.654 bits per heavy atom. The molecule has 3 aromatic rings. The molecule has 0 fully saturated rings. The molecule has 0 atom stereocenters. The SMILES string of the molecule is COC(=O)c1ccc2c3c(ccc(C(=O)OC)c13)-c1ccccc1C2=O. The zero-order chi connectivity index (χ0) is 18.4. The average molecular weight is 346 g/mol. The lowest BCUT2D eigenvalue weighted by atomic mass is 9.80. The van der Waals surface area contributed by atoms with Crippen molar-refractivity contribution in [3.63, 3.8) is 0 Å². The molecule has 0 bridgehead atoms. The molecular formula is C21H14O5. The minimum absolute atomic E-state index is 0.142. The van der Waals surface area contributed by atoms with E-state index in [0.717, 1.165) is 11.1 Å². The zero-order valence-corrected chi connectivity index (χ0v) is 14.2. The van der Waals surface area contributed by atoms with Crippen LogP contribution in [0.15, 0.2) is 48.5 Å². The molecule has 0 saturated heterocycles. The number of fused-ring (bicyclic) bond motifs is 2. The summed E-state index contributed by atoms with van der Waals surface area (Å²) >= 11 is 0. The van der Waals surface area contributed by atoms with Crippen LogP contribution in [0.25, 0.3) is 21.9 Å². The van der Waals surface area contributed by atoms with Crippen LogP contribution in [0, 0.1) is 0 Å².